The van der Waals surface area contributed by atoms with Gasteiger partial charge in [-0.3, -0.25) is 9.47 Å². The van der Waals surface area contributed by atoms with Crippen LogP contribution in [-0.2, 0) is 17.8 Å². The summed E-state index contributed by atoms with van der Waals surface area (Å²) in [5.74, 6) is 3.54. The number of nitrogens with zero attached hydrogens (tertiary/aromatic N) is 6. The van der Waals surface area contributed by atoms with Gasteiger partial charge in [0.2, 0.25) is 0 Å². The molecular weight excluding hydrogens is 436 g/mol. The van der Waals surface area contributed by atoms with Crippen molar-refractivity contribution in [3.05, 3.63) is 64.3 Å². The Morgan fingerprint density at radius 3 is 2.70 bits per heavy atom. The monoisotopic (exact) mass is 464 g/mol. The van der Waals surface area contributed by atoms with Crippen molar-refractivity contribution in [2.45, 2.75) is 51.2 Å². The fourth-order valence-corrected chi connectivity index (χ4v) is 5.65. The van der Waals surface area contributed by atoms with Crippen molar-refractivity contribution >= 4 is 17.4 Å². The molecule has 3 aliphatic heterocycles. The summed E-state index contributed by atoms with van der Waals surface area (Å²) in [6.07, 6.45) is 3.13. The Hall–Kier alpha value is -2.48. The fourth-order valence-electron chi connectivity index (χ4n) is 5.45. The second kappa shape index (κ2) is 8.70. The van der Waals surface area contributed by atoms with Crippen LogP contribution in [0, 0.1) is 6.92 Å². The van der Waals surface area contributed by atoms with Crippen molar-refractivity contribution in [2.75, 3.05) is 31.2 Å². The molecule has 7 nitrogen and oxygen atoms in total. The number of anilines is 1. The van der Waals surface area contributed by atoms with Gasteiger partial charge < -0.3 is 9.64 Å². The van der Waals surface area contributed by atoms with Crippen LogP contribution in [-0.4, -0.2) is 57.0 Å². The summed E-state index contributed by atoms with van der Waals surface area (Å²) in [4.78, 5) is 9.58. The molecule has 8 heteroatoms. The highest BCUT2D eigenvalue weighted by molar-refractivity contribution is 6.30. The predicted octanol–water partition coefficient (Wildman–Crippen LogP) is 4.11. The van der Waals surface area contributed by atoms with Crippen LogP contribution in [0.4, 0.5) is 5.82 Å². The molecule has 1 aromatic carbocycles. The van der Waals surface area contributed by atoms with Crippen LogP contribution in [0.5, 0.6) is 0 Å². The molecule has 0 saturated carbocycles. The van der Waals surface area contributed by atoms with Crippen molar-refractivity contribution in [1.29, 1.82) is 0 Å². The maximum absolute atomic E-state index is 6.42. The van der Waals surface area contributed by atoms with E-state index in [2.05, 4.69) is 38.6 Å². The highest BCUT2D eigenvalue weighted by Crippen LogP contribution is 2.35. The summed E-state index contributed by atoms with van der Waals surface area (Å²) in [6.45, 7) is 7.23. The van der Waals surface area contributed by atoms with Gasteiger partial charge in [-0.2, -0.15) is 0 Å². The molecule has 0 bridgehead atoms. The predicted molar refractivity (Wildman–Crippen MR) is 128 cm³/mol. The normalized spacial score (nSPS) is 21.6. The summed E-state index contributed by atoms with van der Waals surface area (Å²) < 4.78 is 8.00. The zero-order valence-electron chi connectivity index (χ0n) is 19.0. The smallest absolute Gasteiger partial charge is 0.151 e. The first-order valence-electron chi connectivity index (χ1n) is 11.9. The van der Waals surface area contributed by atoms with Gasteiger partial charge in [-0.15, -0.1) is 10.2 Å². The van der Waals surface area contributed by atoms with E-state index in [1.54, 1.807) is 0 Å². The second-order valence-electron chi connectivity index (χ2n) is 9.40. The zero-order valence-corrected chi connectivity index (χ0v) is 19.7. The molecule has 172 valence electrons. The van der Waals surface area contributed by atoms with Gasteiger partial charge in [-0.05, 0) is 62.1 Å². The highest BCUT2D eigenvalue weighted by atomic mass is 35.5. The Morgan fingerprint density at radius 2 is 1.91 bits per heavy atom. The van der Waals surface area contributed by atoms with Gasteiger partial charge in [0.05, 0.1) is 18.8 Å². The third-order valence-corrected chi connectivity index (χ3v) is 7.47. The lowest BCUT2D eigenvalue weighted by molar-refractivity contribution is 0.133. The van der Waals surface area contributed by atoms with Gasteiger partial charge in [-0.25, -0.2) is 4.98 Å². The third-order valence-electron chi connectivity index (χ3n) is 7.24. The van der Waals surface area contributed by atoms with E-state index in [-0.39, 0.29) is 0 Å². The molecule has 0 N–H and O–H groups in total. The van der Waals surface area contributed by atoms with Gasteiger partial charge in [0, 0.05) is 48.9 Å². The Morgan fingerprint density at radius 1 is 1.03 bits per heavy atom. The van der Waals surface area contributed by atoms with E-state index in [0.29, 0.717) is 12.0 Å². The molecular formula is C25H29ClN6O. The van der Waals surface area contributed by atoms with Crippen molar-refractivity contribution in [2.24, 2.45) is 0 Å². The number of benzene rings is 1. The quantitative estimate of drug-likeness (QED) is 0.581. The van der Waals surface area contributed by atoms with Crippen LogP contribution < -0.4 is 4.90 Å². The molecule has 0 aliphatic carbocycles. The van der Waals surface area contributed by atoms with Crippen LogP contribution in [0.1, 0.15) is 48.1 Å². The van der Waals surface area contributed by atoms with E-state index in [1.165, 1.54) is 11.3 Å². The van der Waals surface area contributed by atoms with Crippen molar-refractivity contribution in [3.63, 3.8) is 0 Å². The average Bonchev–Trinajstić information content (AvgIpc) is 3.47. The molecule has 0 amide bonds. The largest absolute Gasteiger partial charge is 0.380 e. The summed E-state index contributed by atoms with van der Waals surface area (Å²) in [7, 11) is 0. The lowest BCUT2D eigenvalue weighted by Gasteiger charge is -2.32. The molecule has 6 rings (SSSR count). The minimum atomic E-state index is 0.372. The zero-order chi connectivity index (χ0) is 22.4. The van der Waals surface area contributed by atoms with E-state index in [1.807, 2.05) is 19.1 Å². The number of aromatic nitrogens is 4. The molecule has 2 fully saturated rings. The maximum atomic E-state index is 6.42. The van der Waals surface area contributed by atoms with Crippen molar-refractivity contribution in [1.82, 2.24) is 24.6 Å². The molecule has 0 spiro atoms. The Labute approximate surface area is 199 Å². The van der Waals surface area contributed by atoms with Gasteiger partial charge in [0.1, 0.15) is 11.6 Å². The number of ether oxygens (including phenoxy) is 1. The molecule has 2 saturated heterocycles. The Kier molecular flexibility index (Phi) is 5.56. The minimum absolute atomic E-state index is 0.372. The average molecular weight is 465 g/mol. The van der Waals surface area contributed by atoms with Gasteiger partial charge in [0.25, 0.3) is 0 Å². The van der Waals surface area contributed by atoms with E-state index in [0.717, 1.165) is 86.8 Å². The third kappa shape index (κ3) is 4.03. The molecule has 3 aromatic rings. The van der Waals surface area contributed by atoms with E-state index >= 15 is 0 Å². The maximum Gasteiger partial charge on any atom is 0.151 e. The lowest BCUT2D eigenvalue weighted by Crippen LogP contribution is -2.34. The number of aryl methyl sites for hydroxylation is 1. The number of piperidine rings is 1. The molecule has 1 atom stereocenters. The van der Waals surface area contributed by atoms with Gasteiger partial charge >= 0.3 is 0 Å². The van der Waals surface area contributed by atoms with Crippen molar-refractivity contribution in [3.8, 4) is 5.69 Å². The van der Waals surface area contributed by atoms with Crippen LogP contribution in [0.25, 0.3) is 5.69 Å². The number of fused-ring (bicyclic) bond motifs is 3. The molecule has 0 unspecified atom stereocenters. The number of hydrogen-bond donors (Lipinski definition) is 0. The Bertz CT molecular complexity index is 1150. The standard InChI is InChI=1S/C25H29ClN6O/c1-17-3-2-4-23(27-17)30-10-7-18(8-11-30)25-29-28-24-15-31(21-9-12-33-16-21)14-19-13-20(26)5-6-22(19)32(24)25/h2-6,13,18,21H,7-12,14-16H2,1H3/t21-/m0/s1. The topological polar surface area (TPSA) is 59.3 Å². The second-order valence-corrected chi connectivity index (χ2v) is 9.84. The molecule has 33 heavy (non-hydrogen) atoms. The highest BCUT2D eigenvalue weighted by Gasteiger charge is 2.33. The van der Waals surface area contributed by atoms with Crippen LogP contribution >= 0.6 is 11.6 Å². The number of hydrogen-bond acceptors (Lipinski definition) is 6. The Balaban J connectivity index is 1.30. The summed E-state index contributed by atoms with van der Waals surface area (Å²) in [5, 5.41) is 10.2. The number of halogens is 1. The van der Waals surface area contributed by atoms with Crippen LogP contribution in [0.15, 0.2) is 36.4 Å². The molecule has 2 aromatic heterocycles. The van der Waals surface area contributed by atoms with E-state index in [4.69, 9.17) is 31.5 Å². The van der Waals surface area contributed by atoms with Crippen molar-refractivity contribution < 1.29 is 4.74 Å². The number of rotatable bonds is 3. The summed E-state index contributed by atoms with van der Waals surface area (Å²) in [5.41, 5.74) is 3.46. The molecule has 3 aliphatic rings. The summed E-state index contributed by atoms with van der Waals surface area (Å²) in [6, 6.07) is 12.9. The van der Waals surface area contributed by atoms with Gasteiger partial charge in [0.15, 0.2) is 5.82 Å². The SMILES string of the molecule is Cc1cccc(N2CCC(c3nnc4n3-c3ccc(Cl)cc3CN([C@H]3CCOC3)C4)CC2)n1. The molecule has 5 heterocycles. The van der Waals surface area contributed by atoms with Crippen LogP contribution in [0.2, 0.25) is 5.02 Å². The first-order valence-corrected chi connectivity index (χ1v) is 12.3. The first-order chi connectivity index (χ1) is 16.2. The number of pyridine rings is 1. The van der Waals surface area contributed by atoms with Gasteiger partial charge in [-0.1, -0.05) is 17.7 Å². The molecule has 0 radical (unpaired) electrons. The minimum Gasteiger partial charge on any atom is -0.380 e. The van der Waals surface area contributed by atoms with E-state index in [9.17, 15) is 0 Å². The van der Waals surface area contributed by atoms with Crippen LogP contribution in [0.3, 0.4) is 0 Å². The lowest BCUT2D eigenvalue weighted by atomic mass is 9.95. The van der Waals surface area contributed by atoms with E-state index < -0.39 is 0 Å². The first kappa shape index (κ1) is 21.1. The fraction of sp³-hybridized carbons (Fsp3) is 0.480. The summed E-state index contributed by atoms with van der Waals surface area (Å²) >= 11 is 6.42.